The molecular weight excluding hydrogens is 225 g/mol. The summed E-state index contributed by atoms with van der Waals surface area (Å²) in [5.41, 5.74) is 2.35. The molecule has 0 aliphatic heterocycles. The molecule has 18 heavy (non-hydrogen) atoms. The van der Waals surface area contributed by atoms with Crippen molar-refractivity contribution >= 4 is 0 Å². The molecule has 0 aromatic heterocycles. The Labute approximate surface area is 111 Å². The highest BCUT2D eigenvalue weighted by Crippen LogP contribution is 2.34. The summed E-state index contributed by atoms with van der Waals surface area (Å²) in [5.74, 6) is 0. The van der Waals surface area contributed by atoms with Crippen molar-refractivity contribution in [3.8, 4) is 0 Å². The lowest BCUT2D eigenvalue weighted by molar-refractivity contribution is 0.0874. The number of hydrogen-bond acceptors (Lipinski definition) is 1. The molecule has 0 unspecified atom stereocenters. The van der Waals surface area contributed by atoms with Gasteiger partial charge in [0, 0.05) is 18.8 Å². The Morgan fingerprint density at radius 1 is 1.33 bits per heavy atom. The third-order valence-corrected chi connectivity index (χ3v) is 4.13. The molecule has 0 spiro atoms. The zero-order chi connectivity index (χ0) is 13.9. The summed E-state index contributed by atoms with van der Waals surface area (Å²) in [7, 11) is 2.09. The second kappa shape index (κ2) is 5.73. The van der Waals surface area contributed by atoms with Crippen LogP contribution >= 0.6 is 0 Å². The van der Waals surface area contributed by atoms with E-state index in [1.54, 1.807) is 6.92 Å². The van der Waals surface area contributed by atoms with Crippen molar-refractivity contribution in [3.05, 3.63) is 36.1 Å². The first kappa shape index (κ1) is 15.0. The van der Waals surface area contributed by atoms with Crippen LogP contribution < -0.4 is 0 Å². The molecular formula is C16H26FN. The van der Waals surface area contributed by atoms with Crippen molar-refractivity contribution in [2.45, 2.75) is 58.2 Å². The van der Waals surface area contributed by atoms with Gasteiger partial charge in [0.2, 0.25) is 0 Å². The fourth-order valence-electron chi connectivity index (χ4n) is 2.69. The SMILES string of the molecule is C=C/C(C(=C)C)=C(/C)N(C)C1CCC(C)(F)CC1. The maximum absolute atomic E-state index is 13.8. The van der Waals surface area contributed by atoms with E-state index in [0.29, 0.717) is 18.9 Å². The molecule has 0 amide bonds. The first-order valence-corrected chi connectivity index (χ1v) is 6.69. The minimum atomic E-state index is -0.968. The van der Waals surface area contributed by atoms with Crippen LogP contribution in [0.15, 0.2) is 36.1 Å². The highest BCUT2D eigenvalue weighted by atomic mass is 19.1. The number of nitrogens with zero attached hydrogens (tertiary/aromatic N) is 1. The van der Waals surface area contributed by atoms with E-state index in [-0.39, 0.29) is 0 Å². The van der Waals surface area contributed by atoms with Crippen molar-refractivity contribution in [2.24, 2.45) is 0 Å². The molecule has 0 bridgehead atoms. The number of hydrogen-bond donors (Lipinski definition) is 0. The molecule has 0 aromatic rings. The van der Waals surface area contributed by atoms with Gasteiger partial charge in [-0.2, -0.15) is 0 Å². The molecule has 1 nitrogen and oxygen atoms in total. The lowest BCUT2D eigenvalue weighted by atomic mass is 9.84. The van der Waals surface area contributed by atoms with Gasteiger partial charge in [0.25, 0.3) is 0 Å². The van der Waals surface area contributed by atoms with Crippen molar-refractivity contribution in [1.82, 2.24) is 4.90 Å². The Morgan fingerprint density at radius 2 is 1.83 bits per heavy atom. The molecule has 1 aliphatic carbocycles. The van der Waals surface area contributed by atoms with Gasteiger partial charge >= 0.3 is 0 Å². The molecule has 0 saturated heterocycles. The van der Waals surface area contributed by atoms with E-state index in [1.807, 2.05) is 13.0 Å². The summed E-state index contributed by atoms with van der Waals surface area (Å²) < 4.78 is 13.8. The maximum Gasteiger partial charge on any atom is 0.108 e. The summed E-state index contributed by atoms with van der Waals surface area (Å²) in [6.45, 7) is 13.6. The van der Waals surface area contributed by atoms with E-state index in [0.717, 1.165) is 24.0 Å². The standard InChI is InChI=1S/C16H26FN/c1-7-15(12(2)3)13(4)18(6)14-8-10-16(5,17)11-9-14/h7,14H,1-2,8-11H2,3-6H3/b15-13+. The molecule has 0 heterocycles. The van der Waals surface area contributed by atoms with Crippen LogP contribution in [0.2, 0.25) is 0 Å². The number of alkyl halides is 1. The number of halogens is 1. The van der Waals surface area contributed by atoms with Crippen molar-refractivity contribution in [2.75, 3.05) is 7.05 Å². The van der Waals surface area contributed by atoms with Gasteiger partial charge in [0.15, 0.2) is 0 Å². The normalized spacial score (nSPS) is 29.5. The quantitative estimate of drug-likeness (QED) is 0.659. The fraction of sp³-hybridized carbons (Fsp3) is 0.625. The van der Waals surface area contributed by atoms with Crippen molar-refractivity contribution in [1.29, 1.82) is 0 Å². The molecule has 1 aliphatic rings. The average molecular weight is 251 g/mol. The average Bonchev–Trinajstić information content (AvgIpc) is 2.28. The minimum absolute atomic E-state index is 0.433. The second-order valence-corrected chi connectivity index (χ2v) is 5.74. The third-order valence-electron chi connectivity index (χ3n) is 4.13. The summed E-state index contributed by atoms with van der Waals surface area (Å²) in [5, 5.41) is 0. The van der Waals surface area contributed by atoms with E-state index in [1.165, 1.54) is 5.70 Å². The van der Waals surface area contributed by atoms with Gasteiger partial charge in [-0.25, -0.2) is 4.39 Å². The Hall–Kier alpha value is -1.05. The van der Waals surface area contributed by atoms with Crippen LogP contribution in [0, 0.1) is 0 Å². The predicted molar refractivity (Wildman–Crippen MR) is 77.2 cm³/mol. The Bertz CT molecular complexity index is 355. The molecule has 0 atom stereocenters. The largest absolute Gasteiger partial charge is 0.375 e. The molecule has 0 aromatic carbocycles. The van der Waals surface area contributed by atoms with Crippen LogP contribution in [-0.4, -0.2) is 23.7 Å². The van der Waals surface area contributed by atoms with E-state index in [2.05, 4.69) is 32.0 Å². The highest BCUT2D eigenvalue weighted by Gasteiger charge is 2.32. The molecule has 2 heteroatoms. The molecule has 0 radical (unpaired) electrons. The van der Waals surface area contributed by atoms with Gasteiger partial charge in [0.1, 0.15) is 5.67 Å². The fourth-order valence-corrected chi connectivity index (χ4v) is 2.69. The van der Waals surface area contributed by atoms with Crippen LogP contribution in [0.5, 0.6) is 0 Å². The number of allylic oxidation sites excluding steroid dienone is 4. The number of rotatable bonds is 4. The zero-order valence-electron chi connectivity index (χ0n) is 12.2. The molecule has 1 saturated carbocycles. The molecule has 1 fully saturated rings. The van der Waals surface area contributed by atoms with Crippen LogP contribution in [0.3, 0.4) is 0 Å². The molecule has 1 rings (SSSR count). The monoisotopic (exact) mass is 251 g/mol. The lowest BCUT2D eigenvalue weighted by Gasteiger charge is -2.38. The Balaban J connectivity index is 2.79. The first-order chi connectivity index (χ1) is 8.28. The molecule has 0 N–H and O–H groups in total. The van der Waals surface area contributed by atoms with Crippen LogP contribution in [-0.2, 0) is 0 Å². The van der Waals surface area contributed by atoms with Crippen LogP contribution in [0.25, 0.3) is 0 Å². The van der Waals surface area contributed by atoms with E-state index < -0.39 is 5.67 Å². The minimum Gasteiger partial charge on any atom is -0.375 e. The van der Waals surface area contributed by atoms with Gasteiger partial charge in [-0.1, -0.05) is 19.2 Å². The van der Waals surface area contributed by atoms with Gasteiger partial charge < -0.3 is 4.90 Å². The maximum atomic E-state index is 13.8. The highest BCUT2D eigenvalue weighted by molar-refractivity contribution is 5.38. The van der Waals surface area contributed by atoms with Gasteiger partial charge in [-0.15, -0.1) is 0 Å². The predicted octanol–water partition coefficient (Wildman–Crippen LogP) is 4.63. The van der Waals surface area contributed by atoms with Crippen molar-refractivity contribution in [3.63, 3.8) is 0 Å². The Morgan fingerprint density at radius 3 is 2.22 bits per heavy atom. The van der Waals surface area contributed by atoms with E-state index >= 15 is 0 Å². The van der Waals surface area contributed by atoms with Crippen LogP contribution in [0.4, 0.5) is 4.39 Å². The second-order valence-electron chi connectivity index (χ2n) is 5.74. The van der Waals surface area contributed by atoms with Crippen molar-refractivity contribution < 1.29 is 4.39 Å². The van der Waals surface area contributed by atoms with E-state index in [4.69, 9.17) is 0 Å². The topological polar surface area (TPSA) is 3.24 Å². The first-order valence-electron chi connectivity index (χ1n) is 6.69. The van der Waals surface area contributed by atoms with Gasteiger partial charge in [-0.3, -0.25) is 0 Å². The van der Waals surface area contributed by atoms with Crippen LogP contribution in [0.1, 0.15) is 46.5 Å². The van der Waals surface area contributed by atoms with Gasteiger partial charge in [-0.05, 0) is 57.6 Å². The summed E-state index contributed by atoms with van der Waals surface area (Å²) in [4.78, 5) is 2.26. The summed E-state index contributed by atoms with van der Waals surface area (Å²) in [6, 6.07) is 0.433. The Kier molecular flexibility index (Phi) is 4.78. The third kappa shape index (κ3) is 3.47. The summed E-state index contributed by atoms with van der Waals surface area (Å²) in [6.07, 6.45) is 5.01. The zero-order valence-corrected chi connectivity index (χ0v) is 12.2. The lowest BCUT2D eigenvalue weighted by Crippen LogP contribution is -2.38. The smallest absolute Gasteiger partial charge is 0.108 e. The van der Waals surface area contributed by atoms with Gasteiger partial charge in [0.05, 0.1) is 0 Å². The summed E-state index contributed by atoms with van der Waals surface area (Å²) >= 11 is 0. The van der Waals surface area contributed by atoms with E-state index in [9.17, 15) is 4.39 Å². The molecule has 102 valence electrons.